The standard InChI is InChI=1S/C31H31ClN6O2/c32-22-7-4-8-24(13-22)37-17-26-15-25(37)18-38(26)29(39)19-36-12-11-21(16-36)31(40)33-23-9-10-28-27(14-23)30(35-34-28)20-5-2-1-3-6-20/h1-10,13-14,21,25-26H,11-12,15-19H2,(H,33,40)(H,34,35)/t21-,25+,26+/m1/s1. The lowest BCUT2D eigenvalue weighted by molar-refractivity contribution is -0.133. The van der Waals surface area contributed by atoms with Gasteiger partial charge < -0.3 is 15.1 Å². The normalized spacial score (nSPS) is 22.4. The molecule has 4 heterocycles. The minimum atomic E-state index is -0.144. The van der Waals surface area contributed by atoms with Gasteiger partial charge in [0, 0.05) is 53.0 Å². The molecule has 4 aromatic rings. The van der Waals surface area contributed by atoms with Crippen LogP contribution in [0, 0.1) is 5.92 Å². The summed E-state index contributed by atoms with van der Waals surface area (Å²) in [5.41, 5.74) is 4.70. The van der Waals surface area contributed by atoms with Crippen LogP contribution in [0.15, 0.2) is 72.8 Å². The van der Waals surface area contributed by atoms with Crippen LogP contribution in [0.2, 0.25) is 5.02 Å². The molecule has 0 unspecified atom stereocenters. The van der Waals surface area contributed by atoms with Gasteiger partial charge in [-0.25, -0.2) is 0 Å². The Balaban J connectivity index is 0.945. The van der Waals surface area contributed by atoms with Crippen LogP contribution in [0.25, 0.3) is 22.2 Å². The number of benzene rings is 3. The number of piperazine rings is 1. The number of amides is 2. The first kappa shape index (κ1) is 25.1. The second kappa shape index (κ2) is 10.3. The minimum Gasteiger partial charge on any atom is -0.365 e. The molecule has 9 heteroatoms. The third kappa shape index (κ3) is 4.71. The second-order valence-corrected chi connectivity index (χ2v) is 11.6. The first-order valence-electron chi connectivity index (χ1n) is 13.9. The quantitative estimate of drug-likeness (QED) is 0.363. The number of H-pyrrole nitrogens is 1. The number of hydrogen-bond donors (Lipinski definition) is 2. The summed E-state index contributed by atoms with van der Waals surface area (Å²) < 4.78 is 0. The van der Waals surface area contributed by atoms with Crippen molar-refractivity contribution in [3.8, 4) is 11.3 Å². The average molecular weight is 555 g/mol. The Bertz CT molecular complexity index is 1570. The van der Waals surface area contributed by atoms with E-state index >= 15 is 0 Å². The van der Waals surface area contributed by atoms with Gasteiger partial charge in [-0.3, -0.25) is 19.6 Å². The smallest absolute Gasteiger partial charge is 0.237 e. The van der Waals surface area contributed by atoms with Gasteiger partial charge in [0.1, 0.15) is 0 Å². The highest BCUT2D eigenvalue weighted by atomic mass is 35.5. The molecule has 3 aromatic carbocycles. The number of likely N-dealkylation sites (tertiary alicyclic amines) is 2. The van der Waals surface area contributed by atoms with Crippen LogP contribution < -0.4 is 10.2 Å². The maximum atomic E-state index is 13.2. The Morgan fingerprint density at radius 1 is 0.975 bits per heavy atom. The molecule has 2 bridgehead atoms. The van der Waals surface area contributed by atoms with Gasteiger partial charge in [0.25, 0.3) is 0 Å². The van der Waals surface area contributed by atoms with Gasteiger partial charge >= 0.3 is 0 Å². The molecule has 7 rings (SSSR count). The molecule has 3 atom stereocenters. The number of halogens is 1. The fraction of sp³-hybridized carbons (Fsp3) is 0.323. The Hall–Kier alpha value is -3.88. The van der Waals surface area contributed by atoms with Crippen molar-refractivity contribution in [3.05, 3.63) is 77.8 Å². The van der Waals surface area contributed by atoms with Crippen LogP contribution in [0.3, 0.4) is 0 Å². The number of anilines is 2. The first-order valence-corrected chi connectivity index (χ1v) is 14.3. The molecule has 2 amide bonds. The summed E-state index contributed by atoms with van der Waals surface area (Å²) in [6.07, 6.45) is 1.74. The topological polar surface area (TPSA) is 84.6 Å². The van der Waals surface area contributed by atoms with E-state index in [-0.39, 0.29) is 23.8 Å². The number of nitrogens with one attached hydrogen (secondary N) is 2. The number of hydrogen-bond acceptors (Lipinski definition) is 5. The van der Waals surface area contributed by atoms with E-state index in [4.69, 9.17) is 11.6 Å². The molecule has 3 saturated heterocycles. The predicted molar refractivity (Wildman–Crippen MR) is 157 cm³/mol. The summed E-state index contributed by atoms with van der Waals surface area (Å²) in [7, 11) is 0. The van der Waals surface area contributed by atoms with Crippen LogP contribution in [-0.4, -0.2) is 76.6 Å². The molecule has 0 saturated carbocycles. The van der Waals surface area contributed by atoms with Gasteiger partial charge in [-0.05, 0) is 55.8 Å². The van der Waals surface area contributed by atoms with Gasteiger partial charge in [0.2, 0.25) is 11.8 Å². The van der Waals surface area contributed by atoms with Gasteiger partial charge in [-0.2, -0.15) is 5.10 Å². The average Bonchev–Trinajstić information content (AvgIpc) is 3.77. The van der Waals surface area contributed by atoms with Crippen molar-refractivity contribution >= 4 is 45.7 Å². The summed E-state index contributed by atoms with van der Waals surface area (Å²) in [4.78, 5) is 32.9. The van der Waals surface area contributed by atoms with Crippen LogP contribution >= 0.6 is 11.6 Å². The number of fused-ring (bicyclic) bond motifs is 3. The molecule has 1 aromatic heterocycles. The zero-order valence-corrected chi connectivity index (χ0v) is 22.8. The zero-order valence-electron chi connectivity index (χ0n) is 22.1. The zero-order chi connectivity index (χ0) is 27.2. The van der Waals surface area contributed by atoms with Crippen molar-refractivity contribution in [2.24, 2.45) is 5.92 Å². The second-order valence-electron chi connectivity index (χ2n) is 11.1. The molecule has 3 fully saturated rings. The van der Waals surface area contributed by atoms with Crippen molar-refractivity contribution in [1.29, 1.82) is 0 Å². The van der Waals surface area contributed by atoms with Crippen molar-refractivity contribution in [1.82, 2.24) is 20.0 Å². The van der Waals surface area contributed by atoms with Crippen LogP contribution in [0.4, 0.5) is 11.4 Å². The van der Waals surface area contributed by atoms with Crippen molar-refractivity contribution < 1.29 is 9.59 Å². The predicted octanol–water partition coefficient (Wildman–Crippen LogP) is 4.63. The Labute approximate surface area is 237 Å². The maximum absolute atomic E-state index is 13.2. The number of carbonyl (C=O) groups excluding carboxylic acids is 2. The lowest BCUT2D eigenvalue weighted by Gasteiger charge is -2.36. The number of rotatable bonds is 6. The number of nitrogens with zero attached hydrogens (tertiary/aromatic N) is 4. The minimum absolute atomic E-state index is 0.00329. The molecule has 0 spiro atoms. The molecular weight excluding hydrogens is 524 g/mol. The van der Waals surface area contributed by atoms with Crippen molar-refractivity contribution in [3.63, 3.8) is 0 Å². The first-order chi connectivity index (χ1) is 19.5. The van der Waals surface area contributed by atoms with E-state index in [1.807, 2.05) is 71.6 Å². The maximum Gasteiger partial charge on any atom is 0.237 e. The van der Waals surface area contributed by atoms with E-state index < -0.39 is 0 Å². The van der Waals surface area contributed by atoms with Crippen LogP contribution in [-0.2, 0) is 9.59 Å². The van der Waals surface area contributed by atoms with Crippen LogP contribution in [0.5, 0.6) is 0 Å². The molecule has 8 nitrogen and oxygen atoms in total. The SMILES string of the molecule is O=C(Nc1ccc2[nH]nc(-c3ccccc3)c2c1)[C@@H]1CCN(CC(=O)N2C[C@@H]3C[C@H]2CN3c2cccc(Cl)c2)C1. The number of carbonyl (C=O) groups is 2. The summed E-state index contributed by atoms with van der Waals surface area (Å²) in [5, 5.41) is 12.4. The highest BCUT2D eigenvalue weighted by Gasteiger charge is 2.45. The van der Waals surface area contributed by atoms with E-state index in [2.05, 4.69) is 31.4 Å². The highest BCUT2D eigenvalue weighted by molar-refractivity contribution is 6.30. The monoisotopic (exact) mass is 554 g/mol. The molecule has 204 valence electrons. The van der Waals surface area contributed by atoms with Crippen molar-refractivity contribution in [2.45, 2.75) is 24.9 Å². The van der Waals surface area contributed by atoms with E-state index in [0.29, 0.717) is 19.1 Å². The Morgan fingerprint density at radius 2 is 1.85 bits per heavy atom. The Kier molecular flexibility index (Phi) is 6.44. The molecule has 3 aliphatic heterocycles. The van der Waals surface area contributed by atoms with E-state index in [1.54, 1.807) is 0 Å². The number of aromatic nitrogens is 2. The fourth-order valence-corrected chi connectivity index (χ4v) is 6.75. The molecular formula is C31H31ClN6O2. The number of aromatic amines is 1. The molecule has 40 heavy (non-hydrogen) atoms. The van der Waals surface area contributed by atoms with Crippen molar-refractivity contribution in [2.75, 3.05) is 42.9 Å². The third-order valence-corrected chi connectivity index (χ3v) is 8.82. The molecule has 0 radical (unpaired) electrons. The van der Waals surface area contributed by atoms with E-state index in [9.17, 15) is 9.59 Å². The summed E-state index contributed by atoms with van der Waals surface area (Å²) in [5.74, 6) is 0.0180. The highest BCUT2D eigenvalue weighted by Crippen LogP contribution is 2.36. The summed E-state index contributed by atoms with van der Waals surface area (Å²) in [6, 6.07) is 24.3. The summed E-state index contributed by atoms with van der Waals surface area (Å²) >= 11 is 6.20. The summed E-state index contributed by atoms with van der Waals surface area (Å²) in [6.45, 7) is 3.30. The molecule has 2 N–H and O–H groups in total. The van der Waals surface area contributed by atoms with Gasteiger partial charge in [0.15, 0.2) is 0 Å². The van der Waals surface area contributed by atoms with Gasteiger partial charge in [-0.15, -0.1) is 0 Å². The van der Waals surface area contributed by atoms with E-state index in [0.717, 1.165) is 71.0 Å². The largest absolute Gasteiger partial charge is 0.365 e. The van der Waals surface area contributed by atoms with Gasteiger partial charge in [-0.1, -0.05) is 48.0 Å². The molecule has 0 aliphatic carbocycles. The van der Waals surface area contributed by atoms with E-state index in [1.165, 1.54) is 0 Å². The Morgan fingerprint density at radius 3 is 2.65 bits per heavy atom. The third-order valence-electron chi connectivity index (χ3n) is 8.58. The lowest BCUT2D eigenvalue weighted by Crippen LogP contribution is -2.51. The lowest BCUT2D eigenvalue weighted by atomic mass is 10.1. The fourth-order valence-electron chi connectivity index (χ4n) is 6.57. The van der Waals surface area contributed by atoms with Crippen LogP contribution in [0.1, 0.15) is 12.8 Å². The van der Waals surface area contributed by atoms with Gasteiger partial charge in [0.05, 0.1) is 29.7 Å². The molecule has 3 aliphatic rings.